The number of sulfonamides is 1. The molecule has 0 radical (unpaired) electrons. The van der Waals surface area contributed by atoms with Gasteiger partial charge < -0.3 is 0 Å². The Hall–Kier alpha value is -3.44. The maximum atomic E-state index is 11.7. The van der Waals surface area contributed by atoms with Gasteiger partial charge in [-0.3, -0.25) is 4.79 Å². The van der Waals surface area contributed by atoms with Crippen molar-refractivity contribution in [3.8, 4) is 0 Å². The zero-order valence-electron chi connectivity index (χ0n) is 17.9. The van der Waals surface area contributed by atoms with E-state index in [-0.39, 0.29) is 0 Å². The van der Waals surface area contributed by atoms with Gasteiger partial charge in [-0.05, 0) is 64.3 Å². The number of rotatable bonds is 5. The third-order valence-corrected chi connectivity index (χ3v) is 6.07. The molecule has 5 heteroatoms. The second kappa shape index (κ2) is 9.37. The van der Waals surface area contributed by atoms with Crippen LogP contribution in [-0.2, 0) is 21.2 Å². The molecule has 1 amide bonds. The van der Waals surface area contributed by atoms with E-state index < -0.39 is 15.9 Å². The van der Waals surface area contributed by atoms with Crippen molar-refractivity contribution in [2.45, 2.75) is 19.3 Å². The summed E-state index contributed by atoms with van der Waals surface area (Å²) in [5.41, 5.74) is 8.38. The number of hydrogen-bond donors (Lipinski definition) is 1. The van der Waals surface area contributed by atoms with Crippen molar-refractivity contribution in [3.05, 3.63) is 113 Å². The maximum absolute atomic E-state index is 11.7. The molecule has 0 fully saturated rings. The molecular weight excluding hydrogens is 418 g/mol. The largest absolute Gasteiger partial charge is 0.269 e. The summed E-state index contributed by atoms with van der Waals surface area (Å²) in [4.78, 5) is 11.7. The van der Waals surface area contributed by atoms with Gasteiger partial charge in [0.05, 0.1) is 6.26 Å². The molecule has 3 aromatic rings. The number of allylic oxidation sites excluding steroid dienone is 1. The van der Waals surface area contributed by atoms with Crippen LogP contribution in [0.3, 0.4) is 0 Å². The van der Waals surface area contributed by atoms with Crippen LogP contribution in [0.15, 0.2) is 84.9 Å². The molecule has 1 aliphatic carbocycles. The van der Waals surface area contributed by atoms with E-state index in [2.05, 4.69) is 60.7 Å². The molecular formula is C27H25NO3S. The van der Waals surface area contributed by atoms with Crippen molar-refractivity contribution in [3.63, 3.8) is 0 Å². The number of fused-ring (bicyclic) bond motifs is 1. The fourth-order valence-electron chi connectivity index (χ4n) is 4.13. The minimum Gasteiger partial charge on any atom is -0.269 e. The fourth-order valence-corrected chi connectivity index (χ4v) is 4.57. The minimum atomic E-state index is -3.57. The third kappa shape index (κ3) is 5.24. The van der Waals surface area contributed by atoms with Gasteiger partial charge in [-0.25, -0.2) is 13.1 Å². The number of benzene rings is 3. The highest BCUT2D eigenvalue weighted by Crippen LogP contribution is 2.39. The second-order valence-electron chi connectivity index (χ2n) is 7.92. The zero-order valence-corrected chi connectivity index (χ0v) is 18.7. The quantitative estimate of drug-likeness (QED) is 0.560. The lowest BCUT2D eigenvalue weighted by Gasteiger charge is -2.16. The van der Waals surface area contributed by atoms with Crippen molar-refractivity contribution in [2.75, 3.05) is 6.26 Å². The summed E-state index contributed by atoms with van der Waals surface area (Å²) in [5, 5.41) is 0. The van der Waals surface area contributed by atoms with Crippen LogP contribution in [0.5, 0.6) is 0 Å². The Labute approximate surface area is 189 Å². The average Bonchev–Trinajstić information content (AvgIpc) is 2.97. The van der Waals surface area contributed by atoms with Crippen LogP contribution in [0.1, 0.15) is 40.7 Å². The topological polar surface area (TPSA) is 63.2 Å². The summed E-state index contributed by atoms with van der Waals surface area (Å²) in [6, 6.07) is 27.1. The molecule has 0 unspecified atom stereocenters. The molecule has 4 rings (SSSR count). The SMILES string of the molecule is CS(=O)(=O)NC(=O)/C=C/c1ccc(C2=C(c3ccccc3)CCCc3ccccc32)cc1. The predicted octanol–water partition coefficient (Wildman–Crippen LogP) is 5.07. The molecule has 1 aliphatic rings. The molecule has 162 valence electrons. The number of carbonyl (C=O) groups is 1. The fraction of sp³-hybridized carbons (Fsp3) is 0.148. The number of hydrogen-bond acceptors (Lipinski definition) is 3. The van der Waals surface area contributed by atoms with E-state index >= 15 is 0 Å². The minimum absolute atomic E-state index is 0.664. The van der Waals surface area contributed by atoms with Crippen molar-refractivity contribution in [1.29, 1.82) is 0 Å². The summed E-state index contributed by atoms with van der Waals surface area (Å²) in [7, 11) is -3.57. The highest BCUT2D eigenvalue weighted by molar-refractivity contribution is 7.89. The van der Waals surface area contributed by atoms with Crippen molar-refractivity contribution >= 4 is 33.2 Å². The van der Waals surface area contributed by atoms with Crippen molar-refractivity contribution < 1.29 is 13.2 Å². The monoisotopic (exact) mass is 443 g/mol. The first kappa shape index (κ1) is 21.8. The summed E-state index contributed by atoms with van der Waals surface area (Å²) in [5.74, 6) is -0.664. The Kier molecular flexibility index (Phi) is 6.37. The van der Waals surface area contributed by atoms with Crippen LogP contribution in [0.25, 0.3) is 17.2 Å². The van der Waals surface area contributed by atoms with Gasteiger partial charge in [0.25, 0.3) is 5.91 Å². The second-order valence-corrected chi connectivity index (χ2v) is 9.67. The predicted molar refractivity (Wildman–Crippen MR) is 130 cm³/mol. The van der Waals surface area contributed by atoms with E-state index in [0.717, 1.165) is 36.6 Å². The maximum Gasteiger partial charge on any atom is 0.257 e. The van der Waals surface area contributed by atoms with Gasteiger partial charge in [-0.15, -0.1) is 0 Å². The van der Waals surface area contributed by atoms with Crippen LogP contribution in [-0.4, -0.2) is 20.6 Å². The molecule has 4 nitrogen and oxygen atoms in total. The molecule has 0 saturated carbocycles. The van der Waals surface area contributed by atoms with E-state index in [1.54, 1.807) is 6.08 Å². The van der Waals surface area contributed by atoms with E-state index in [4.69, 9.17) is 0 Å². The first-order valence-corrected chi connectivity index (χ1v) is 12.5. The highest BCUT2D eigenvalue weighted by Gasteiger charge is 2.19. The molecule has 32 heavy (non-hydrogen) atoms. The average molecular weight is 444 g/mol. The van der Waals surface area contributed by atoms with Crippen molar-refractivity contribution in [2.24, 2.45) is 0 Å². The number of amides is 1. The lowest BCUT2D eigenvalue weighted by Crippen LogP contribution is -2.27. The van der Waals surface area contributed by atoms with E-state index in [1.807, 2.05) is 22.9 Å². The Morgan fingerprint density at radius 1 is 0.844 bits per heavy atom. The number of aryl methyl sites for hydroxylation is 1. The Morgan fingerprint density at radius 2 is 1.53 bits per heavy atom. The lowest BCUT2D eigenvalue weighted by atomic mass is 9.87. The van der Waals surface area contributed by atoms with Gasteiger partial charge in [0.1, 0.15) is 0 Å². The normalized spacial score (nSPS) is 14.2. The third-order valence-electron chi connectivity index (χ3n) is 5.50. The Morgan fingerprint density at radius 3 is 2.25 bits per heavy atom. The molecule has 0 aromatic heterocycles. The molecule has 0 saturated heterocycles. The van der Waals surface area contributed by atoms with Crippen LogP contribution >= 0.6 is 0 Å². The van der Waals surface area contributed by atoms with E-state index in [9.17, 15) is 13.2 Å². The first-order chi connectivity index (χ1) is 15.4. The number of nitrogens with one attached hydrogen (secondary N) is 1. The molecule has 0 spiro atoms. The standard InChI is InChI=1S/C27H25NO3S/c1-32(30,31)28-26(29)19-16-20-14-17-23(18-15-20)27-24-12-6-5-10-22(24)11-7-13-25(27)21-8-3-2-4-9-21/h2-6,8-10,12,14-19H,7,11,13H2,1H3,(H,28,29)/b19-16+. The summed E-state index contributed by atoms with van der Waals surface area (Å²) >= 11 is 0. The smallest absolute Gasteiger partial charge is 0.257 e. The van der Waals surface area contributed by atoms with Crippen LogP contribution < -0.4 is 4.72 Å². The molecule has 0 atom stereocenters. The Balaban J connectivity index is 1.74. The van der Waals surface area contributed by atoms with E-state index in [0.29, 0.717) is 0 Å². The number of carbonyl (C=O) groups excluding carboxylic acids is 1. The zero-order chi connectivity index (χ0) is 22.6. The van der Waals surface area contributed by atoms with Gasteiger partial charge in [-0.1, -0.05) is 78.9 Å². The van der Waals surface area contributed by atoms with Crippen LogP contribution in [0.4, 0.5) is 0 Å². The molecule has 1 N–H and O–H groups in total. The summed E-state index contributed by atoms with van der Waals surface area (Å²) < 4.78 is 24.3. The lowest BCUT2D eigenvalue weighted by molar-refractivity contribution is -0.114. The van der Waals surface area contributed by atoms with Crippen LogP contribution in [0.2, 0.25) is 0 Å². The van der Waals surface area contributed by atoms with Gasteiger partial charge in [-0.2, -0.15) is 0 Å². The highest BCUT2D eigenvalue weighted by atomic mass is 32.2. The van der Waals surface area contributed by atoms with Crippen molar-refractivity contribution in [1.82, 2.24) is 4.72 Å². The molecule has 3 aromatic carbocycles. The Bertz CT molecular complexity index is 1290. The molecule has 0 aliphatic heterocycles. The van der Waals surface area contributed by atoms with Gasteiger partial charge >= 0.3 is 0 Å². The van der Waals surface area contributed by atoms with E-state index in [1.165, 1.54) is 33.9 Å². The summed E-state index contributed by atoms with van der Waals surface area (Å²) in [6.45, 7) is 0. The van der Waals surface area contributed by atoms with Gasteiger partial charge in [0.2, 0.25) is 10.0 Å². The van der Waals surface area contributed by atoms with Gasteiger partial charge in [0, 0.05) is 6.08 Å². The molecule has 0 bridgehead atoms. The van der Waals surface area contributed by atoms with Crippen LogP contribution in [0, 0.1) is 0 Å². The first-order valence-electron chi connectivity index (χ1n) is 10.6. The molecule has 0 heterocycles. The van der Waals surface area contributed by atoms with Gasteiger partial charge in [0.15, 0.2) is 0 Å². The summed E-state index contributed by atoms with van der Waals surface area (Å²) in [6.07, 6.45) is 6.94.